The fourth-order valence-electron chi connectivity index (χ4n) is 2.64. The van der Waals surface area contributed by atoms with Crippen LogP contribution in [-0.4, -0.2) is 27.6 Å². The van der Waals surface area contributed by atoms with Gasteiger partial charge in [0.05, 0.1) is 7.11 Å². The molecule has 0 spiro atoms. The maximum Gasteiger partial charge on any atom is 0.355 e. The summed E-state index contributed by atoms with van der Waals surface area (Å²) in [5, 5.41) is 9.59. The monoisotopic (exact) mass is 296 g/mol. The normalized spacial score (nSPS) is 10.9. The van der Waals surface area contributed by atoms with E-state index in [1.54, 1.807) is 17.7 Å². The van der Waals surface area contributed by atoms with Crippen molar-refractivity contribution in [1.29, 1.82) is 0 Å². The van der Waals surface area contributed by atoms with Gasteiger partial charge in [-0.3, -0.25) is 4.40 Å². The third kappa shape index (κ3) is 2.11. The molecule has 0 aliphatic carbocycles. The second-order valence-electron chi connectivity index (χ2n) is 5.18. The molecular formula is C17H16N2O3. The summed E-state index contributed by atoms with van der Waals surface area (Å²) in [7, 11) is 1.61. The third-order valence-corrected chi connectivity index (χ3v) is 3.72. The van der Waals surface area contributed by atoms with E-state index in [-0.39, 0.29) is 5.69 Å². The number of benzene rings is 1. The van der Waals surface area contributed by atoms with E-state index in [1.165, 1.54) is 0 Å². The van der Waals surface area contributed by atoms with Crippen LogP contribution < -0.4 is 4.74 Å². The Hall–Kier alpha value is -2.82. The number of aryl methyl sites for hydroxylation is 2. The Morgan fingerprint density at radius 2 is 2.00 bits per heavy atom. The largest absolute Gasteiger partial charge is 0.496 e. The summed E-state index contributed by atoms with van der Waals surface area (Å²) in [5.74, 6) is -0.234. The number of ether oxygens (including phenoxy) is 1. The zero-order valence-corrected chi connectivity index (χ0v) is 12.6. The van der Waals surface area contributed by atoms with Gasteiger partial charge in [-0.25, -0.2) is 9.78 Å². The van der Waals surface area contributed by atoms with E-state index >= 15 is 0 Å². The van der Waals surface area contributed by atoms with Gasteiger partial charge in [-0.05, 0) is 49.2 Å². The molecule has 0 fully saturated rings. The van der Waals surface area contributed by atoms with Gasteiger partial charge in [-0.1, -0.05) is 6.07 Å². The highest BCUT2D eigenvalue weighted by atomic mass is 16.5. The standard InChI is InChI=1S/C17H16N2O3/c1-10-5-4-8-19-15(17(20)21)14(18-16(10)19)12-6-7-13(22-3)11(2)9-12/h4-9H,1-3H3,(H,20,21). The van der Waals surface area contributed by atoms with E-state index < -0.39 is 5.97 Å². The zero-order chi connectivity index (χ0) is 15.9. The Balaban J connectivity index is 2.30. The summed E-state index contributed by atoms with van der Waals surface area (Å²) in [6.45, 7) is 3.83. The topological polar surface area (TPSA) is 63.8 Å². The number of fused-ring (bicyclic) bond motifs is 1. The SMILES string of the molecule is COc1ccc(-c2nc3c(C)cccn3c2C(=O)O)cc1C. The molecule has 1 aromatic carbocycles. The van der Waals surface area contributed by atoms with Crippen molar-refractivity contribution < 1.29 is 14.6 Å². The van der Waals surface area contributed by atoms with E-state index in [1.807, 2.05) is 44.2 Å². The van der Waals surface area contributed by atoms with E-state index in [0.29, 0.717) is 11.3 Å². The quantitative estimate of drug-likeness (QED) is 0.805. The van der Waals surface area contributed by atoms with Gasteiger partial charge in [0.2, 0.25) is 0 Å². The minimum Gasteiger partial charge on any atom is -0.496 e. The van der Waals surface area contributed by atoms with Crippen LogP contribution in [0.3, 0.4) is 0 Å². The first-order valence-electron chi connectivity index (χ1n) is 6.89. The zero-order valence-electron chi connectivity index (χ0n) is 12.6. The molecule has 0 saturated carbocycles. The van der Waals surface area contributed by atoms with Gasteiger partial charge in [0, 0.05) is 11.8 Å². The Bertz CT molecular complexity index is 881. The maximum atomic E-state index is 11.7. The highest BCUT2D eigenvalue weighted by Gasteiger charge is 2.21. The molecule has 5 nitrogen and oxygen atoms in total. The van der Waals surface area contributed by atoms with Gasteiger partial charge in [-0.2, -0.15) is 0 Å². The Morgan fingerprint density at radius 3 is 2.64 bits per heavy atom. The second-order valence-corrected chi connectivity index (χ2v) is 5.18. The van der Waals surface area contributed by atoms with Gasteiger partial charge in [0.15, 0.2) is 5.69 Å². The Kier molecular flexibility index (Phi) is 3.33. The highest BCUT2D eigenvalue weighted by molar-refractivity contribution is 5.95. The number of carboxylic acids is 1. The number of methoxy groups -OCH3 is 1. The highest BCUT2D eigenvalue weighted by Crippen LogP contribution is 2.29. The molecule has 2 aromatic heterocycles. The summed E-state index contributed by atoms with van der Waals surface area (Å²) < 4.78 is 6.87. The Morgan fingerprint density at radius 1 is 1.23 bits per heavy atom. The Labute approximate surface area is 127 Å². The second kappa shape index (κ2) is 5.18. The van der Waals surface area contributed by atoms with Crippen LogP contribution in [0.4, 0.5) is 0 Å². The molecule has 2 heterocycles. The van der Waals surface area contributed by atoms with Crippen LogP contribution >= 0.6 is 0 Å². The number of aromatic carboxylic acids is 1. The van der Waals surface area contributed by atoms with E-state index in [9.17, 15) is 9.90 Å². The van der Waals surface area contributed by atoms with Crippen LogP contribution in [0.1, 0.15) is 21.6 Å². The molecule has 0 aliphatic heterocycles. The fraction of sp³-hybridized carbons (Fsp3) is 0.176. The lowest BCUT2D eigenvalue weighted by atomic mass is 10.1. The molecule has 0 radical (unpaired) electrons. The smallest absolute Gasteiger partial charge is 0.355 e. The van der Waals surface area contributed by atoms with Crippen molar-refractivity contribution in [2.24, 2.45) is 0 Å². The summed E-state index contributed by atoms with van der Waals surface area (Å²) in [4.78, 5) is 16.2. The van der Waals surface area contributed by atoms with Crippen LogP contribution in [-0.2, 0) is 0 Å². The van der Waals surface area contributed by atoms with Crippen molar-refractivity contribution in [3.63, 3.8) is 0 Å². The molecule has 0 amide bonds. The number of hydrogen-bond donors (Lipinski definition) is 1. The average Bonchev–Trinajstić information content (AvgIpc) is 2.88. The van der Waals surface area contributed by atoms with Crippen LogP contribution in [0.15, 0.2) is 36.5 Å². The first-order valence-corrected chi connectivity index (χ1v) is 6.89. The number of hydrogen-bond acceptors (Lipinski definition) is 3. The molecule has 3 aromatic rings. The molecule has 1 N–H and O–H groups in total. The van der Waals surface area contributed by atoms with Crippen molar-refractivity contribution in [3.8, 4) is 17.0 Å². The van der Waals surface area contributed by atoms with Crippen molar-refractivity contribution in [2.75, 3.05) is 7.11 Å². The third-order valence-electron chi connectivity index (χ3n) is 3.72. The summed E-state index contributed by atoms with van der Waals surface area (Å²) in [6.07, 6.45) is 1.72. The van der Waals surface area contributed by atoms with Crippen LogP contribution in [0.25, 0.3) is 16.9 Å². The fourth-order valence-corrected chi connectivity index (χ4v) is 2.64. The molecule has 3 rings (SSSR count). The van der Waals surface area contributed by atoms with Gasteiger partial charge < -0.3 is 9.84 Å². The minimum absolute atomic E-state index is 0.170. The number of aromatic nitrogens is 2. The molecular weight excluding hydrogens is 280 g/mol. The van der Waals surface area contributed by atoms with Crippen molar-refractivity contribution in [2.45, 2.75) is 13.8 Å². The van der Waals surface area contributed by atoms with Crippen molar-refractivity contribution in [1.82, 2.24) is 9.38 Å². The average molecular weight is 296 g/mol. The van der Waals surface area contributed by atoms with Crippen LogP contribution in [0.5, 0.6) is 5.75 Å². The molecule has 5 heteroatoms. The number of pyridine rings is 1. The van der Waals surface area contributed by atoms with Crippen molar-refractivity contribution >= 4 is 11.6 Å². The van der Waals surface area contributed by atoms with Crippen molar-refractivity contribution in [3.05, 3.63) is 53.3 Å². The van der Waals surface area contributed by atoms with E-state index in [4.69, 9.17) is 4.74 Å². The predicted octanol–water partition coefficient (Wildman–Crippen LogP) is 3.32. The lowest BCUT2D eigenvalue weighted by molar-refractivity contribution is 0.0690. The number of carboxylic acid groups (broad SMARTS) is 1. The van der Waals surface area contributed by atoms with Gasteiger partial charge in [0.25, 0.3) is 0 Å². The molecule has 0 bridgehead atoms. The minimum atomic E-state index is -0.999. The maximum absolute atomic E-state index is 11.7. The summed E-state index contributed by atoms with van der Waals surface area (Å²) >= 11 is 0. The lowest BCUT2D eigenvalue weighted by Gasteiger charge is -2.06. The summed E-state index contributed by atoms with van der Waals surface area (Å²) in [6, 6.07) is 9.28. The number of carbonyl (C=O) groups is 1. The van der Waals surface area contributed by atoms with Gasteiger partial charge in [0.1, 0.15) is 17.1 Å². The molecule has 0 atom stereocenters. The van der Waals surface area contributed by atoms with E-state index in [0.717, 1.165) is 22.4 Å². The number of imidazole rings is 1. The molecule has 22 heavy (non-hydrogen) atoms. The van der Waals surface area contributed by atoms with Gasteiger partial charge >= 0.3 is 5.97 Å². The molecule has 112 valence electrons. The predicted molar refractivity (Wildman–Crippen MR) is 83.6 cm³/mol. The molecule has 0 saturated heterocycles. The number of rotatable bonds is 3. The number of nitrogens with zero attached hydrogens (tertiary/aromatic N) is 2. The first-order chi connectivity index (χ1) is 10.5. The van der Waals surface area contributed by atoms with E-state index in [2.05, 4.69) is 4.98 Å². The molecule has 0 aliphatic rings. The van der Waals surface area contributed by atoms with Crippen LogP contribution in [0.2, 0.25) is 0 Å². The summed E-state index contributed by atoms with van der Waals surface area (Å²) in [5.41, 5.74) is 3.92. The molecule has 0 unspecified atom stereocenters. The van der Waals surface area contributed by atoms with Gasteiger partial charge in [-0.15, -0.1) is 0 Å². The van der Waals surface area contributed by atoms with Crippen LogP contribution in [0, 0.1) is 13.8 Å². The first kappa shape index (κ1) is 14.1. The lowest BCUT2D eigenvalue weighted by Crippen LogP contribution is -2.03.